The maximum absolute atomic E-state index is 13.1. The summed E-state index contributed by atoms with van der Waals surface area (Å²) >= 11 is 1.69. The molecule has 0 fully saturated rings. The maximum atomic E-state index is 13.1. The van der Waals surface area contributed by atoms with Gasteiger partial charge in [0.25, 0.3) is 0 Å². The minimum Gasteiger partial charge on any atom is -0.346 e. The number of thiophene rings is 1. The molecule has 1 N–H and O–H groups in total. The normalized spacial score (nSPS) is 20.8. The molecule has 0 aliphatic carbocycles. The molecule has 3 aromatic rings. The number of aromatic nitrogens is 4. The van der Waals surface area contributed by atoms with Gasteiger partial charge in [-0.2, -0.15) is 0 Å². The van der Waals surface area contributed by atoms with Crippen LogP contribution in [0.15, 0.2) is 41.8 Å². The van der Waals surface area contributed by atoms with Crippen molar-refractivity contribution in [3.8, 4) is 0 Å². The number of rotatable bonds is 2. The highest BCUT2D eigenvalue weighted by molar-refractivity contribution is 7.10. The number of fused-ring (bicyclic) bond motifs is 1. The number of nitrogens with one attached hydrogen (secondary N) is 1. The quantitative estimate of drug-likeness (QED) is 0.790. The number of hydrogen-bond donors (Lipinski definition) is 1. The number of halogens is 1. The van der Waals surface area contributed by atoms with Crippen molar-refractivity contribution < 1.29 is 4.39 Å². The van der Waals surface area contributed by atoms with Crippen LogP contribution in [-0.2, 0) is 0 Å². The van der Waals surface area contributed by atoms with Gasteiger partial charge in [0.05, 0.1) is 12.1 Å². The predicted molar refractivity (Wildman–Crippen MR) is 77.7 cm³/mol. The molecule has 106 valence electrons. The fourth-order valence-electron chi connectivity index (χ4n) is 2.67. The second-order valence-electron chi connectivity index (χ2n) is 4.96. The summed E-state index contributed by atoms with van der Waals surface area (Å²) in [5, 5.41) is 17.2. The fourth-order valence-corrected chi connectivity index (χ4v) is 3.49. The third-order valence-corrected chi connectivity index (χ3v) is 4.67. The van der Waals surface area contributed by atoms with Crippen LogP contribution in [0.2, 0.25) is 0 Å². The molecule has 0 unspecified atom stereocenters. The zero-order valence-electron chi connectivity index (χ0n) is 11.0. The number of hydrogen-bond acceptors (Lipinski definition) is 5. The van der Waals surface area contributed by atoms with Gasteiger partial charge in [-0.15, -0.1) is 11.3 Å². The van der Waals surface area contributed by atoms with E-state index in [0.717, 1.165) is 12.0 Å². The van der Waals surface area contributed by atoms with Gasteiger partial charge in [0.1, 0.15) is 5.82 Å². The van der Waals surface area contributed by atoms with Crippen LogP contribution in [0.4, 0.5) is 10.3 Å². The molecular formula is C14H12FN5S. The zero-order chi connectivity index (χ0) is 14.2. The Morgan fingerprint density at radius 2 is 2.10 bits per heavy atom. The molecule has 1 aliphatic heterocycles. The monoisotopic (exact) mass is 301 g/mol. The zero-order valence-corrected chi connectivity index (χ0v) is 11.8. The average Bonchev–Trinajstić information content (AvgIpc) is 3.18. The second kappa shape index (κ2) is 4.92. The van der Waals surface area contributed by atoms with E-state index in [2.05, 4.69) is 26.9 Å². The van der Waals surface area contributed by atoms with E-state index >= 15 is 0 Å². The number of anilines is 1. The average molecular weight is 301 g/mol. The van der Waals surface area contributed by atoms with Crippen LogP contribution in [0.3, 0.4) is 0 Å². The molecular weight excluding hydrogens is 289 g/mol. The first-order valence-electron chi connectivity index (χ1n) is 6.64. The first-order chi connectivity index (χ1) is 10.3. The molecule has 1 aliphatic rings. The van der Waals surface area contributed by atoms with Gasteiger partial charge in [-0.3, -0.25) is 0 Å². The summed E-state index contributed by atoms with van der Waals surface area (Å²) in [7, 11) is 0. The molecule has 0 saturated heterocycles. The summed E-state index contributed by atoms with van der Waals surface area (Å²) in [6.45, 7) is 0. The molecule has 2 aromatic heterocycles. The number of tetrazole rings is 1. The van der Waals surface area contributed by atoms with Crippen LogP contribution >= 0.6 is 11.3 Å². The minimum absolute atomic E-state index is 0.0659. The van der Waals surface area contributed by atoms with E-state index in [1.165, 1.54) is 17.0 Å². The van der Waals surface area contributed by atoms with Gasteiger partial charge >= 0.3 is 0 Å². The van der Waals surface area contributed by atoms with Crippen molar-refractivity contribution in [2.45, 2.75) is 18.5 Å². The molecule has 0 radical (unpaired) electrons. The highest BCUT2D eigenvalue weighted by Gasteiger charge is 2.31. The van der Waals surface area contributed by atoms with Gasteiger partial charge in [-0.1, -0.05) is 23.3 Å². The molecule has 3 heterocycles. The van der Waals surface area contributed by atoms with Crippen LogP contribution in [-0.4, -0.2) is 20.2 Å². The van der Waals surface area contributed by atoms with Crippen molar-refractivity contribution in [2.75, 3.05) is 5.32 Å². The van der Waals surface area contributed by atoms with Crippen molar-refractivity contribution in [1.82, 2.24) is 20.2 Å². The summed E-state index contributed by atoms with van der Waals surface area (Å²) in [6.07, 6.45) is 0.824. The number of benzene rings is 1. The topological polar surface area (TPSA) is 55.6 Å². The Hall–Kier alpha value is -2.28. The molecule has 0 saturated carbocycles. The minimum atomic E-state index is -0.228. The first kappa shape index (κ1) is 12.5. The lowest BCUT2D eigenvalue weighted by molar-refractivity contribution is 0.429. The largest absolute Gasteiger partial charge is 0.346 e. The third kappa shape index (κ3) is 2.19. The van der Waals surface area contributed by atoms with Gasteiger partial charge < -0.3 is 5.32 Å². The SMILES string of the molecule is Fc1ccc([C@@H]2C[C@@H](c3cccs3)n3nnnc3N2)cc1. The Morgan fingerprint density at radius 1 is 1.24 bits per heavy atom. The molecule has 2 atom stereocenters. The van der Waals surface area contributed by atoms with Crippen molar-refractivity contribution in [2.24, 2.45) is 0 Å². The summed E-state index contributed by atoms with van der Waals surface area (Å²) in [5.41, 5.74) is 1.03. The molecule has 21 heavy (non-hydrogen) atoms. The lowest BCUT2D eigenvalue weighted by Crippen LogP contribution is -2.27. The van der Waals surface area contributed by atoms with Crippen LogP contribution in [0.1, 0.15) is 28.9 Å². The Labute approximate surface area is 124 Å². The first-order valence-corrected chi connectivity index (χ1v) is 7.52. The summed E-state index contributed by atoms with van der Waals surface area (Å²) < 4.78 is 14.9. The van der Waals surface area contributed by atoms with E-state index in [0.29, 0.717) is 5.95 Å². The van der Waals surface area contributed by atoms with Crippen molar-refractivity contribution >= 4 is 17.3 Å². The van der Waals surface area contributed by atoms with E-state index < -0.39 is 0 Å². The molecule has 5 nitrogen and oxygen atoms in total. The van der Waals surface area contributed by atoms with Crippen molar-refractivity contribution in [1.29, 1.82) is 0 Å². The van der Waals surface area contributed by atoms with Crippen molar-refractivity contribution in [3.63, 3.8) is 0 Å². The molecule has 0 spiro atoms. The standard InChI is InChI=1S/C14H12FN5S/c15-10-5-3-9(4-6-10)11-8-12(13-2-1-7-21-13)20-14(16-11)17-18-19-20/h1-7,11-12H,8H2,(H,16,17,19)/t11-,12-/m0/s1. The van der Waals surface area contributed by atoms with Crippen LogP contribution in [0, 0.1) is 5.82 Å². The van der Waals surface area contributed by atoms with Gasteiger partial charge in [-0.05, 0) is 46.0 Å². The van der Waals surface area contributed by atoms with Crippen LogP contribution in [0.25, 0.3) is 0 Å². The Bertz CT molecular complexity index is 737. The van der Waals surface area contributed by atoms with Gasteiger partial charge in [0.2, 0.25) is 5.95 Å². The molecule has 4 rings (SSSR count). The Balaban J connectivity index is 1.72. The highest BCUT2D eigenvalue weighted by Crippen LogP contribution is 2.38. The highest BCUT2D eigenvalue weighted by atomic mass is 32.1. The third-order valence-electron chi connectivity index (χ3n) is 3.69. The molecule has 7 heteroatoms. The summed E-state index contributed by atoms with van der Waals surface area (Å²) in [6, 6.07) is 10.9. The smallest absolute Gasteiger partial charge is 0.244 e. The molecule has 0 bridgehead atoms. The van der Waals surface area contributed by atoms with E-state index in [4.69, 9.17) is 0 Å². The van der Waals surface area contributed by atoms with E-state index in [1.54, 1.807) is 23.5 Å². The maximum Gasteiger partial charge on any atom is 0.244 e. The summed E-state index contributed by atoms with van der Waals surface area (Å²) in [4.78, 5) is 1.22. The van der Waals surface area contributed by atoms with Crippen LogP contribution in [0.5, 0.6) is 0 Å². The van der Waals surface area contributed by atoms with E-state index in [1.807, 2.05) is 16.1 Å². The lowest BCUT2D eigenvalue weighted by atomic mass is 9.97. The van der Waals surface area contributed by atoms with Gasteiger partial charge in [0.15, 0.2) is 0 Å². The molecule has 0 amide bonds. The van der Waals surface area contributed by atoms with Crippen LogP contribution < -0.4 is 5.32 Å². The lowest BCUT2D eigenvalue weighted by Gasteiger charge is -2.30. The fraction of sp³-hybridized carbons (Fsp3) is 0.214. The van der Waals surface area contributed by atoms with Gasteiger partial charge in [-0.25, -0.2) is 9.07 Å². The van der Waals surface area contributed by atoms with Gasteiger partial charge in [0, 0.05) is 4.88 Å². The number of nitrogens with zero attached hydrogens (tertiary/aromatic N) is 4. The second-order valence-corrected chi connectivity index (χ2v) is 5.94. The van der Waals surface area contributed by atoms with Crippen molar-refractivity contribution in [3.05, 3.63) is 58.0 Å². The van der Waals surface area contributed by atoms with E-state index in [9.17, 15) is 4.39 Å². The van der Waals surface area contributed by atoms with E-state index in [-0.39, 0.29) is 17.9 Å². The summed E-state index contributed by atoms with van der Waals surface area (Å²) in [5.74, 6) is 0.420. The Morgan fingerprint density at radius 3 is 2.86 bits per heavy atom. The molecule has 1 aromatic carbocycles. The Kier molecular flexibility index (Phi) is 2.92. The predicted octanol–water partition coefficient (Wildman–Crippen LogP) is 3.02.